The van der Waals surface area contributed by atoms with Gasteiger partial charge in [-0.05, 0) is 62.4 Å². The van der Waals surface area contributed by atoms with Crippen LogP contribution in [0, 0.1) is 13.8 Å². The molecule has 6 nitrogen and oxygen atoms in total. The maximum Gasteiger partial charge on any atom is 0.164 e. The zero-order valence-corrected chi connectivity index (χ0v) is 16.1. The molecule has 3 aromatic heterocycles. The van der Waals surface area contributed by atoms with E-state index in [2.05, 4.69) is 44.3 Å². The molecule has 0 aliphatic carbocycles. The SMILES string of the molecule is Cc1noc(C)c1-c1nccc(C2CCCN2Cc2ccc3cc[nH]c3c2)n1. The molecule has 4 aromatic rings. The van der Waals surface area contributed by atoms with Crippen molar-refractivity contribution in [3.8, 4) is 11.4 Å². The van der Waals surface area contributed by atoms with Gasteiger partial charge in [0.25, 0.3) is 0 Å². The highest BCUT2D eigenvalue weighted by Gasteiger charge is 2.28. The summed E-state index contributed by atoms with van der Waals surface area (Å²) in [6, 6.07) is 11.1. The Balaban J connectivity index is 1.43. The van der Waals surface area contributed by atoms with Gasteiger partial charge in [0, 0.05) is 24.5 Å². The summed E-state index contributed by atoms with van der Waals surface area (Å²) in [7, 11) is 0. The second kappa shape index (κ2) is 6.87. The van der Waals surface area contributed by atoms with Crippen molar-refractivity contribution in [1.82, 2.24) is 25.0 Å². The molecule has 1 aliphatic rings. The van der Waals surface area contributed by atoms with Gasteiger partial charge in [0.2, 0.25) is 0 Å². The van der Waals surface area contributed by atoms with E-state index in [9.17, 15) is 0 Å². The Morgan fingerprint density at radius 3 is 3.00 bits per heavy atom. The van der Waals surface area contributed by atoms with Gasteiger partial charge in [-0.2, -0.15) is 0 Å². The maximum atomic E-state index is 5.30. The molecule has 1 unspecified atom stereocenters. The van der Waals surface area contributed by atoms with Gasteiger partial charge < -0.3 is 9.51 Å². The van der Waals surface area contributed by atoms with E-state index in [1.165, 1.54) is 22.9 Å². The van der Waals surface area contributed by atoms with Crippen molar-refractivity contribution in [3.63, 3.8) is 0 Å². The minimum atomic E-state index is 0.307. The normalized spacial score (nSPS) is 17.6. The number of fused-ring (bicyclic) bond motifs is 1. The van der Waals surface area contributed by atoms with Crippen molar-refractivity contribution in [2.75, 3.05) is 6.54 Å². The standard InChI is InChI=1S/C22H23N5O/c1-14-21(15(2)28-26-14)22-24-10-8-18(25-22)20-4-3-11-27(20)13-16-5-6-17-7-9-23-19(17)12-16/h5-10,12,20,23H,3-4,11,13H2,1-2H3. The lowest BCUT2D eigenvalue weighted by atomic mass is 10.1. The van der Waals surface area contributed by atoms with Gasteiger partial charge in [0.05, 0.1) is 23.0 Å². The van der Waals surface area contributed by atoms with Crippen LogP contribution in [0.25, 0.3) is 22.3 Å². The molecule has 1 atom stereocenters. The molecule has 0 bridgehead atoms. The van der Waals surface area contributed by atoms with Gasteiger partial charge in [-0.15, -0.1) is 0 Å². The smallest absolute Gasteiger partial charge is 0.164 e. The van der Waals surface area contributed by atoms with Crippen LogP contribution in [0.1, 0.15) is 41.6 Å². The molecule has 0 amide bonds. The van der Waals surface area contributed by atoms with Crippen molar-refractivity contribution < 1.29 is 4.52 Å². The van der Waals surface area contributed by atoms with Crippen LogP contribution in [0.2, 0.25) is 0 Å². The van der Waals surface area contributed by atoms with Gasteiger partial charge in [0.1, 0.15) is 5.76 Å². The fourth-order valence-corrected chi connectivity index (χ4v) is 4.26. The highest BCUT2D eigenvalue weighted by atomic mass is 16.5. The van der Waals surface area contributed by atoms with E-state index in [0.29, 0.717) is 11.9 Å². The van der Waals surface area contributed by atoms with E-state index < -0.39 is 0 Å². The molecule has 28 heavy (non-hydrogen) atoms. The van der Waals surface area contributed by atoms with Crippen molar-refractivity contribution in [3.05, 3.63) is 65.4 Å². The molecular weight excluding hydrogens is 350 g/mol. The topological polar surface area (TPSA) is 70.8 Å². The fourth-order valence-electron chi connectivity index (χ4n) is 4.26. The van der Waals surface area contributed by atoms with E-state index in [4.69, 9.17) is 9.51 Å². The second-order valence-corrected chi connectivity index (χ2v) is 7.53. The molecule has 5 rings (SSSR count). The van der Waals surface area contributed by atoms with Gasteiger partial charge in [-0.3, -0.25) is 4.90 Å². The Morgan fingerprint density at radius 2 is 2.14 bits per heavy atom. The van der Waals surface area contributed by atoms with E-state index in [0.717, 1.165) is 42.2 Å². The molecule has 1 aromatic carbocycles. The number of aryl methyl sites for hydroxylation is 2. The van der Waals surface area contributed by atoms with Crippen LogP contribution in [-0.4, -0.2) is 31.6 Å². The highest BCUT2D eigenvalue weighted by Crippen LogP contribution is 2.33. The Morgan fingerprint density at radius 1 is 1.21 bits per heavy atom. The molecule has 0 radical (unpaired) electrons. The van der Waals surface area contributed by atoms with Crippen LogP contribution in [0.4, 0.5) is 0 Å². The van der Waals surface area contributed by atoms with Crippen molar-refractivity contribution in [2.24, 2.45) is 0 Å². The average Bonchev–Trinajstić information content (AvgIpc) is 3.42. The molecular formula is C22H23N5O. The molecule has 1 fully saturated rings. The summed E-state index contributed by atoms with van der Waals surface area (Å²) >= 11 is 0. The Kier molecular flexibility index (Phi) is 4.20. The molecule has 1 N–H and O–H groups in total. The number of aromatic nitrogens is 4. The first kappa shape index (κ1) is 17.1. The molecule has 0 spiro atoms. The lowest BCUT2D eigenvalue weighted by Gasteiger charge is -2.24. The average molecular weight is 373 g/mol. The van der Waals surface area contributed by atoms with Crippen LogP contribution >= 0.6 is 0 Å². The summed E-state index contributed by atoms with van der Waals surface area (Å²) in [6.45, 7) is 5.84. The monoisotopic (exact) mass is 373 g/mol. The summed E-state index contributed by atoms with van der Waals surface area (Å²) in [5.41, 5.74) is 5.32. The summed E-state index contributed by atoms with van der Waals surface area (Å²) in [4.78, 5) is 15.2. The van der Waals surface area contributed by atoms with Crippen LogP contribution in [0.15, 0.2) is 47.2 Å². The summed E-state index contributed by atoms with van der Waals surface area (Å²) in [6.07, 6.45) is 6.14. The predicted octanol–water partition coefficient (Wildman–Crippen LogP) is 4.57. The van der Waals surface area contributed by atoms with E-state index in [1.807, 2.05) is 32.3 Å². The number of benzene rings is 1. The minimum Gasteiger partial charge on any atom is -0.361 e. The first-order valence-corrected chi connectivity index (χ1v) is 9.75. The third kappa shape index (κ3) is 2.99. The Bertz CT molecular complexity index is 1110. The molecule has 6 heteroatoms. The summed E-state index contributed by atoms with van der Waals surface area (Å²) in [5, 5.41) is 5.29. The van der Waals surface area contributed by atoms with Crippen molar-refractivity contribution in [1.29, 1.82) is 0 Å². The number of aromatic amines is 1. The first-order valence-electron chi connectivity index (χ1n) is 9.75. The van der Waals surface area contributed by atoms with Gasteiger partial charge >= 0.3 is 0 Å². The quantitative estimate of drug-likeness (QED) is 0.567. The molecule has 4 heterocycles. The van der Waals surface area contributed by atoms with Crippen molar-refractivity contribution >= 4 is 10.9 Å². The Hall–Kier alpha value is -2.99. The first-order chi connectivity index (χ1) is 13.7. The van der Waals surface area contributed by atoms with Gasteiger partial charge in [0.15, 0.2) is 5.82 Å². The number of H-pyrrole nitrogens is 1. The van der Waals surface area contributed by atoms with E-state index in [-0.39, 0.29) is 0 Å². The number of likely N-dealkylation sites (tertiary alicyclic amines) is 1. The number of nitrogens with one attached hydrogen (secondary N) is 1. The molecule has 1 aliphatic heterocycles. The lowest BCUT2D eigenvalue weighted by molar-refractivity contribution is 0.244. The third-order valence-electron chi connectivity index (χ3n) is 5.64. The zero-order valence-electron chi connectivity index (χ0n) is 16.1. The van der Waals surface area contributed by atoms with Crippen LogP contribution < -0.4 is 0 Å². The predicted molar refractivity (Wildman–Crippen MR) is 108 cm³/mol. The lowest BCUT2D eigenvalue weighted by Crippen LogP contribution is -2.23. The number of hydrogen-bond donors (Lipinski definition) is 1. The minimum absolute atomic E-state index is 0.307. The third-order valence-corrected chi connectivity index (χ3v) is 5.64. The van der Waals surface area contributed by atoms with Gasteiger partial charge in [-0.1, -0.05) is 17.3 Å². The zero-order chi connectivity index (χ0) is 19.1. The summed E-state index contributed by atoms with van der Waals surface area (Å²) in [5.74, 6) is 1.46. The highest BCUT2D eigenvalue weighted by molar-refractivity contribution is 5.79. The second-order valence-electron chi connectivity index (χ2n) is 7.53. The van der Waals surface area contributed by atoms with Crippen LogP contribution in [0.5, 0.6) is 0 Å². The van der Waals surface area contributed by atoms with Gasteiger partial charge in [-0.25, -0.2) is 9.97 Å². The largest absolute Gasteiger partial charge is 0.361 e. The van der Waals surface area contributed by atoms with E-state index in [1.54, 1.807) is 0 Å². The van der Waals surface area contributed by atoms with Crippen LogP contribution in [0.3, 0.4) is 0 Å². The number of nitrogens with zero attached hydrogens (tertiary/aromatic N) is 4. The molecule has 142 valence electrons. The number of rotatable bonds is 4. The van der Waals surface area contributed by atoms with Crippen molar-refractivity contribution in [2.45, 2.75) is 39.3 Å². The summed E-state index contributed by atoms with van der Waals surface area (Å²) < 4.78 is 5.30. The fraction of sp³-hybridized carbons (Fsp3) is 0.318. The van der Waals surface area contributed by atoms with E-state index >= 15 is 0 Å². The molecule has 1 saturated heterocycles. The molecule has 0 saturated carbocycles. The number of hydrogen-bond acceptors (Lipinski definition) is 5. The van der Waals surface area contributed by atoms with Crippen LogP contribution in [-0.2, 0) is 6.54 Å². The Labute approximate surface area is 163 Å². The maximum absolute atomic E-state index is 5.30.